The second-order valence-corrected chi connectivity index (χ2v) is 7.55. The number of hydrogen-bond donors (Lipinski definition) is 0. The number of methoxy groups -OCH3 is 1. The number of alkyl halides is 1. The van der Waals surface area contributed by atoms with Gasteiger partial charge >= 0.3 is 0 Å². The summed E-state index contributed by atoms with van der Waals surface area (Å²) in [6.45, 7) is 8.42. The van der Waals surface area contributed by atoms with Crippen LogP contribution in [0.2, 0.25) is 0 Å². The Morgan fingerprint density at radius 3 is 2.38 bits per heavy atom. The van der Waals surface area contributed by atoms with E-state index in [1.54, 1.807) is 21.0 Å². The fourth-order valence-corrected chi connectivity index (χ4v) is 4.64. The molecule has 0 bridgehead atoms. The van der Waals surface area contributed by atoms with Crippen molar-refractivity contribution in [2.75, 3.05) is 26.8 Å². The third kappa shape index (κ3) is 4.22. The van der Waals surface area contributed by atoms with Crippen molar-refractivity contribution in [3.8, 4) is 0 Å². The van der Waals surface area contributed by atoms with E-state index in [-0.39, 0.29) is 16.7 Å². The molecule has 21 heavy (non-hydrogen) atoms. The Hall–Kier alpha value is -0.560. The molecule has 0 aliphatic heterocycles. The predicted octanol–water partition coefficient (Wildman–Crippen LogP) is 2.93. The summed E-state index contributed by atoms with van der Waals surface area (Å²) >= 11 is 5.90. The summed E-state index contributed by atoms with van der Waals surface area (Å²) in [6, 6.07) is 0. The largest absolute Gasteiger partial charge is 0.465 e. The lowest BCUT2D eigenvalue weighted by atomic mass is 10.2. The molecule has 0 aliphatic rings. The molecule has 0 aromatic carbocycles. The maximum atomic E-state index is 12.9. The van der Waals surface area contributed by atoms with E-state index in [9.17, 15) is 8.42 Å². The zero-order valence-corrected chi connectivity index (χ0v) is 14.8. The van der Waals surface area contributed by atoms with Gasteiger partial charge < -0.3 is 9.15 Å². The molecule has 7 heteroatoms. The molecule has 0 spiro atoms. The van der Waals surface area contributed by atoms with E-state index >= 15 is 0 Å². The smallest absolute Gasteiger partial charge is 0.246 e. The number of rotatable bonds is 8. The van der Waals surface area contributed by atoms with Crippen LogP contribution in [0.25, 0.3) is 0 Å². The first kappa shape index (κ1) is 18.5. The molecular weight excluding hydrogens is 314 g/mol. The summed E-state index contributed by atoms with van der Waals surface area (Å²) < 4.78 is 37.8. The van der Waals surface area contributed by atoms with Crippen LogP contribution in [0.4, 0.5) is 0 Å². The normalized spacial score (nSPS) is 12.6. The molecule has 0 fully saturated rings. The number of ether oxygens (including phenoxy) is 1. The second-order valence-electron chi connectivity index (χ2n) is 5.41. The quantitative estimate of drug-likeness (QED) is 0.684. The highest BCUT2D eigenvalue weighted by molar-refractivity contribution is 7.89. The van der Waals surface area contributed by atoms with E-state index in [1.807, 2.05) is 13.8 Å². The van der Waals surface area contributed by atoms with Crippen LogP contribution in [0.15, 0.2) is 9.31 Å². The molecule has 0 unspecified atom stereocenters. The van der Waals surface area contributed by atoms with Gasteiger partial charge in [-0.15, -0.1) is 11.6 Å². The van der Waals surface area contributed by atoms with E-state index in [4.69, 9.17) is 20.8 Å². The number of furan rings is 1. The molecule has 122 valence electrons. The third-order valence-electron chi connectivity index (χ3n) is 3.17. The van der Waals surface area contributed by atoms with E-state index in [0.717, 1.165) is 0 Å². The van der Waals surface area contributed by atoms with Crippen LogP contribution in [-0.4, -0.2) is 39.5 Å². The van der Waals surface area contributed by atoms with Gasteiger partial charge in [0.05, 0.1) is 12.5 Å². The minimum absolute atomic E-state index is 0.109. The van der Waals surface area contributed by atoms with Crippen LogP contribution in [-0.2, 0) is 20.6 Å². The van der Waals surface area contributed by atoms with Crippen molar-refractivity contribution < 1.29 is 17.6 Å². The van der Waals surface area contributed by atoms with Crippen molar-refractivity contribution in [2.24, 2.45) is 5.92 Å². The van der Waals surface area contributed by atoms with Gasteiger partial charge in [-0.1, -0.05) is 13.8 Å². The van der Waals surface area contributed by atoms with Crippen LogP contribution in [0, 0.1) is 19.8 Å². The first-order valence-electron chi connectivity index (χ1n) is 6.89. The molecule has 1 rings (SSSR count). The highest BCUT2D eigenvalue weighted by Gasteiger charge is 2.32. The van der Waals surface area contributed by atoms with Crippen LogP contribution in [0.3, 0.4) is 0 Å². The molecule has 1 heterocycles. The molecule has 0 atom stereocenters. The van der Waals surface area contributed by atoms with Crippen molar-refractivity contribution in [1.82, 2.24) is 4.31 Å². The molecule has 0 aliphatic carbocycles. The van der Waals surface area contributed by atoms with Crippen molar-refractivity contribution in [2.45, 2.75) is 38.5 Å². The maximum Gasteiger partial charge on any atom is 0.246 e. The van der Waals surface area contributed by atoms with Crippen molar-refractivity contribution >= 4 is 21.6 Å². The Labute approximate surface area is 132 Å². The van der Waals surface area contributed by atoms with E-state index in [1.165, 1.54) is 4.31 Å². The van der Waals surface area contributed by atoms with Gasteiger partial charge in [-0.2, -0.15) is 4.31 Å². The first-order valence-corrected chi connectivity index (χ1v) is 8.87. The topological polar surface area (TPSA) is 59.8 Å². The zero-order chi connectivity index (χ0) is 16.2. The predicted molar refractivity (Wildman–Crippen MR) is 83.2 cm³/mol. The first-order chi connectivity index (χ1) is 9.75. The number of hydrogen-bond acceptors (Lipinski definition) is 4. The van der Waals surface area contributed by atoms with Gasteiger partial charge in [-0.25, -0.2) is 8.42 Å². The van der Waals surface area contributed by atoms with Crippen LogP contribution in [0.5, 0.6) is 0 Å². The number of halogens is 1. The molecule has 0 saturated carbocycles. The van der Waals surface area contributed by atoms with Gasteiger partial charge in [0.1, 0.15) is 16.4 Å². The molecule has 0 saturated heterocycles. The number of aryl methyl sites for hydroxylation is 2. The molecule has 0 N–H and O–H groups in total. The Morgan fingerprint density at radius 2 is 1.90 bits per heavy atom. The van der Waals surface area contributed by atoms with Crippen molar-refractivity contribution in [3.63, 3.8) is 0 Å². The minimum atomic E-state index is -3.65. The van der Waals surface area contributed by atoms with Crippen LogP contribution < -0.4 is 0 Å². The van der Waals surface area contributed by atoms with E-state index in [0.29, 0.717) is 36.8 Å². The third-order valence-corrected chi connectivity index (χ3v) is 5.50. The van der Waals surface area contributed by atoms with Gasteiger partial charge in [0.15, 0.2) is 0 Å². The molecule has 1 aromatic rings. The number of sulfonamides is 1. The molecule has 5 nitrogen and oxygen atoms in total. The Kier molecular flexibility index (Phi) is 6.71. The van der Waals surface area contributed by atoms with Crippen molar-refractivity contribution in [3.05, 3.63) is 17.1 Å². The second kappa shape index (κ2) is 7.63. The monoisotopic (exact) mass is 337 g/mol. The highest BCUT2D eigenvalue weighted by atomic mass is 35.5. The summed E-state index contributed by atoms with van der Waals surface area (Å²) in [7, 11) is -2.09. The Balaban J connectivity index is 3.28. The number of nitrogens with zero attached hydrogens (tertiary/aromatic N) is 1. The zero-order valence-electron chi connectivity index (χ0n) is 13.3. The molecule has 0 radical (unpaired) electrons. The summed E-state index contributed by atoms with van der Waals surface area (Å²) in [5, 5.41) is 0. The highest BCUT2D eigenvalue weighted by Crippen LogP contribution is 2.30. The minimum Gasteiger partial charge on any atom is -0.465 e. The fourth-order valence-electron chi connectivity index (χ4n) is 2.24. The average molecular weight is 338 g/mol. The van der Waals surface area contributed by atoms with Gasteiger partial charge in [0, 0.05) is 25.8 Å². The lowest BCUT2D eigenvalue weighted by Gasteiger charge is -2.23. The van der Waals surface area contributed by atoms with Crippen LogP contribution >= 0.6 is 11.6 Å². The molecular formula is C14H24ClNO4S. The fraction of sp³-hybridized carbons (Fsp3) is 0.714. The average Bonchev–Trinajstić information content (AvgIpc) is 2.68. The van der Waals surface area contributed by atoms with Gasteiger partial charge in [-0.3, -0.25) is 0 Å². The standard InChI is InChI=1S/C14H24ClNO4S/c1-10(2)9-16(6-7-19-5)21(17,18)14-12(4)20-11(3)13(14)8-15/h10H,6-9H2,1-5H3. The summed E-state index contributed by atoms with van der Waals surface area (Å²) in [5.41, 5.74) is 0.542. The lowest BCUT2D eigenvalue weighted by Crippen LogP contribution is -2.37. The summed E-state index contributed by atoms with van der Waals surface area (Å²) in [6.07, 6.45) is 0. The van der Waals surface area contributed by atoms with Gasteiger partial charge in [0.2, 0.25) is 10.0 Å². The van der Waals surface area contributed by atoms with E-state index < -0.39 is 10.0 Å². The van der Waals surface area contributed by atoms with Gasteiger partial charge in [0.25, 0.3) is 0 Å². The van der Waals surface area contributed by atoms with Gasteiger partial charge in [-0.05, 0) is 19.8 Å². The lowest BCUT2D eigenvalue weighted by molar-refractivity contribution is 0.175. The van der Waals surface area contributed by atoms with E-state index in [2.05, 4.69) is 0 Å². The Morgan fingerprint density at radius 1 is 1.29 bits per heavy atom. The van der Waals surface area contributed by atoms with Crippen molar-refractivity contribution in [1.29, 1.82) is 0 Å². The SMILES string of the molecule is COCCN(CC(C)C)S(=O)(=O)c1c(C)oc(C)c1CCl. The van der Waals surface area contributed by atoms with Crippen LogP contribution in [0.1, 0.15) is 30.9 Å². The maximum absolute atomic E-state index is 12.9. The molecule has 0 amide bonds. The summed E-state index contributed by atoms with van der Waals surface area (Å²) in [4.78, 5) is 0.201. The Bertz CT molecular complexity index is 566. The molecule has 1 aromatic heterocycles. The summed E-state index contributed by atoms with van der Waals surface area (Å²) in [5.74, 6) is 1.26.